The summed E-state index contributed by atoms with van der Waals surface area (Å²) in [5.41, 5.74) is 5.84. The molecule has 5 nitrogen and oxygen atoms in total. The van der Waals surface area contributed by atoms with Crippen LogP contribution in [-0.2, 0) is 0 Å². The quantitative estimate of drug-likeness (QED) is 0.321. The zero-order valence-electron chi connectivity index (χ0n) is 18.8. The number of nitrogens with zero attached hydrogens (tertiary/aromatic N) is 3. The fraction of sp³-hybridized carbons (Fsp3) is 0.185. The maximum atomic E-state index is 5.50. The average Bonchev–Trinajstić information content (AvgIpc) is 3.27. The molecule has 0 unspecified atom stereocenters. The van der Waals surface area contributed by atoms with Crippen LogP contribution < -0.4 is 9.47 Å². The lowest BCUT2D eigenvalue weighted by Crippen LogP contribution is -1.95. The molecule has 3 aromatic carbocycles. The summed E-state index contributed by atoms with van der Waals surface area (Å²) in [6, 6.07) is 24.2. The predicted octanol–water partition coefficient (Wildman–Crippen LogP) is 6.43. The number of para-hydroxylation sites is 1. The first kappa shape index (κ1) is 21.4. The number of hydrogen-bond acceptors (Lipinski definition) is 4. The standard InChI is InChI=1S/C27H27N3O2/c1-19(2)20-10-13-23(14-11-20)28-17-22-18-30(24-8-6-5-7-9-24)29-27(22)21-12-15-25(31-3)26(16-21)32-4/h5-19H,1-4H3. The molecule has 5 heteroatoms. The van der Waals surface area contributed by atoms with E-state index in [0.717, 1.165) is 28.2 Å². The Bertz CT molecular complexity index is 1210. The first-order chi connectivity index (χ1) is 15.6. The zero-order valence-corrected chi connectivity index (χ0v) is 18.8. The molecule has 0 radical (unpaired) electrons. The molecular formula is C27H27N3O2. The van der Waals surface area contributed by atoms with Crippen LogP contribution in [-0.4, -0.2) is 30.2 Å². The molecule has 1 aromatic heterocycles. The number of methoxy groups -OCH3 is 2. The van der Waals surface area contributed by atoms with E-state index in [9.17, 15) is 0 Å². The van der Waals surface area contributed by atoms with Crippen LogP contribution in [0.3, 0.4) is 0 Å². The van der Waals surface area contributed by atoms with Gasteiger partial charge in [-0.15, -0.1) is 0 Å². The number of rotatable bonds is 7. The SMILES string of the molecule is COc1ccc(-c2nn(-c3ccccc3)cc2C=Nc2ccc(C(C)C)cc2)cc1OC. The third-order valence-corrected chi connectivity index (χ3v) is 5.33. The lowest BCUT2D eigenvalue weighted by Gasteiger charge is -2.09. The second kappa shape index (κ2) is 9.52. The van der Waals surface area contributed by atoms with E-state index in [1.807, 2.05) is 77.8 Å². The van der Waals surface area contributed by atoms with Crippen LogP contribution in [0.5, 0.6) is 11.5 Å². The maximum absolute atomic E-state index is 5.50. The van der Waals surface area contributed by atoms with Gasteiger partial charge in [0.1, 0.15) is 5.69 Å². The van der Waals surface area contributed by atoms with Gasteiger partial charge in [-0.3, -0.25) is 4.99 Å². The molecule has 0 aliphatic carbocycles. The second-order valence-corrected chi connectivity index (χ2v) is 7.79. The average molecular weight is 426 g/mol. The van der Waals surface area contributed by atoms with Crippen molar-refractivity contribution in [2.24, 2.45) is 4.99 Å². The number of aliphatic imine (C=N–C) groups is 1. The van der Waals surface area contributed by atoms with Gasteiger partial charge in [0.25, 0.3) is 0 Å². The molecule has 32 heavy (non-hydrogen) atoms. The Hall–Kier alpha value is -3.86. The molecule has 0 fully saturated rings. The van der Waals surface area contributed by atoms with E-state index in [0.29, 0.717) is 17.4 Å². The minimum atomic E-state index is 0.494. The Balaban J connectivity index is 1.76. The Morgan fingerprint density at radius 1 is 0.875 bits per heavy atom. The van der Waals surface area contributed by atoms with E-state index in [2.05, 4.69) is 26.0 Å². The summed E-state index contributed by atoms with van der Waals surface area (Å²) in [5, 5.41) is 4.86. The van der Waals surface area contributed by atoms with E-state index in [1.54, 1.807) is 14.2 Å². The Morgan fingerprint density at radius 2 is 1.59 bits per heavy atom. The van der Waals surface area contributed by atoms with E-state index < -0.39 is 0 Å². The summed E-state index contributed by atoms with van der Waals surface area (Å²) in [5.74, 6) is 1.83. The highest BCUT2D eigenvalue weighted by molar-refractivity contribution is 5.90. The van der Waals surface area contributed by atoms with Crippen molar-refractivity contribution in [3.05, 3.63) is 90.1 Å². The largest absolute Gasteiger partial charge is 0.493 e. The van der Waals surface area contributed by atoms with Gasteiger partial charge >= 0.3 is 0 Å². The second-order valence-electron chi connectivity index (χ2n) is 7.79. The smallest absolute Gasteiger partial charge is 0.161 e. The van der Waals surface area contributed by atoms with Crippen molar-refractivity contribution in [3.63, 3.8) is 0 Å². The van der Waals surface area contributed by atoms with Crippen LogP contribution in [0.4, 0.5) is 5.69 Å². The monoisotopic (exact) mass is 425 g/mol. The lowest BCUT2D eigenvalue weighted by molar-refractivity contribution is 0.355. The molecule has 0 saturated carbocycles. The molecule has 0 aliphatic rings. The summed E-state index contributed by atoms with van der Waals surface area (Å²) in [7, 11) is 3.26. The van der Waals surface area contributed by atoms with Crippen LogP contribution in [0.25, 0.3) is 16.9 Å². The molecule has 4 rings (SSSR count). The molecular weight excluding hydrogens is 398 g/mol. The van der Waals surface area contributed by atoms with Crippen molar-refractivity contribution in [3.8, 4) is 28.4 Å². The first-order valence-electron chi connectivity index (χ1n) is 10.6. The van der Waals surface area contributed by atoms with Crippen LogP contribution in [0, 0.1) is 0 Å². The molecule has 0 atom stereocenters. The normalized spacial score (nSPS) is 11.3. The molecule has 0 bridgehead atoms. The van der Waals surface area contributed by atoms with Crippen LogP contribution in [0.1, 0.15) is 30.9 Å². The van der Waals surface area contributed by atoms with E-state index in [-0.39, 0.29) is 0 Å². The van der Waals surface area contributed by atoms with E-state index >= 15 is 0 Å². The van der Waals surface area contributed by atoms with Crippen molar-refractivity contribution in [2.45, 2.75) is 19.8 Å². The van der Waals surface area contributed by atoms with Gasteiger partial charge in [-0.05, 0) is 53.9 Å². The van der Waals surface area contributed by atoms with Gasteiger partial charge < -0.3 is 9.47 Å². The fourth-order valence-electron chi connectivity index (χ4n) is 3.49. The molecule has 162 valence electrons. The zero-order chi connectivity index (χ0) is 22.5. The summed E-state index contributed by atoms with van der Waals surface area (Å²) < 4.78 is 12.8. The first-order valence-corrected chi connectivity index (χ1v) is 10.6. The van der Waals surface area contributed by atoms with Crippen molar-refractivity contribution < 1.29 is 9.47 Å². The highest BCUT2D eigenvalue weighted by Crippen LogP contribution is 2.33. The van der Waals surface area contributed by atoms with E-state index in [4.69, 9.17) is 19.6 Å². The topological polar surface area (TPSA) is 48.6 Å². The third kappa shape index (κ3) is 4.57. The summed E-state index contributed by atoms with van der Waals surface area (Å²) in [4.78, 5) is 4.71. The molecule has 0 spiro atoms. The fourth-order valence-corrected chi connectivity index (χ4v) is 3.49. The number of hydrogen-bond donors (Lipinski definition) is 0. The summed E-state index contributed by atoms with van der Waals surface area (Å²) in [6.45, 7) is 4.37. The molecule has 0 aliphatic heterocycles. The van der Waals surface area contributed by atoms with Crippen molar-refractivity contribution in [2.75, 3.05) is 14.2 Å². The lowest BCUT2D eigenvalue weighted by atomic mass is 10.0. The highest BCUT2D eigenvalue weighted by Gasteiger charge is 2.14. The summed E-state index contributed by atoms with van der Waals surface area (Å²) in [6.07, 6.45) is 3.86. The van der Waals surface area contributed by atoms with Crippen molar-refractivity contribution in [1.29, 1.82) is 0 Å². The molecule has 0 amide bonds. The number of benzene rings is 3. The molecule has 0 N–H and O–H groups in total. The van der Waals surface area contributed by atoms with Gasteiger partial charge in [0.05, 0.1) is 25.6 Å². The Labute approximate surface area is 189 Å². The van der Waals surface area contributed by atoms with Gasteiger partial charge in [-0.1, -0.05) is 44.2 Å². The Kier molecular flexibility index (Phi) is 6.36. The molecule has 0 saturated heterocycles. The van der Waals surface area contributed by atoms with Gasteiger partial charge in [-0.25, -0.2) is 4.68 Å². The summed E-state index contributed by atoms with van der Waals surface area (Å²) >= 11 is 0. The Morgan fingerprint density at radius 3 is 2.25 bits per heavy atom. The van der Waals surface area contributed by atoms with Crippen LogP contribution in [0.2, 0.25) is 0 Å². The predicted molar refractivity (Wildman–Crippen MR) is 130 cm³/mol. The van der Waals surface area contributed by atoms with Crippen LogP contribution >= 0.6 is 0 Å². The maximum Gasteiger partial charge on any atom is 0.161 e. The van der Waals surface area contributed by atoms with Gasteiger partial charge in [0.2, 0.25) is 0 Å². The number of aromatic nitrogens is 2. The van der Waals surface area contributed by atoms with Crippen LogP contribution in [0.15, 0.2) is 84.0 Å². The minimum Gasteiger partial charge on any atom is -0.493 e. The minimum absolute atomic E-state index is 0.494. The van der Waals surface area contributed by atoms with Crippen molar-refractivity contribution >= 4 is 11.9 Å². The molecule has 1 heterocycles. The van der Waals surface area contributed by atoms with Gasteiger partial charge in [-0.2, -0.15) is 5.10 Å². The van der Waals surface area contributed by atoms with E-state index in [1.165, 1.54) is 5.56 Å². The number of ether oxygens (including phenoxy) is 2. The third-order valence-electron chi connectivity index (χ3n) is 5.33. The van der Waals surface area contributed by atoms with Gasteiger partial charge in [0, 0.05) is 23.5 Å². The highest BCUT2D eigenvalue weighted by atomic mass is 16.5. The van der Waals surface area contributed by atoms with Gasteiger partial charge in [0.15, 0.2) is 11.5 Å². The molecule has 4 aromatic rings. The van der Waals surface area contributed by atoms with Crippen molar-refractivity contribution in [1.82, 2.24) is 9.78 Å².